The van der Waals surface area contributed by atoms with Gasteiger partial charge >= 0.3 is 0 Å². The molecule has 0 spiro atoms. The van der Waals surface area contributed by atoms with E-state index in [0.717, 1.165) is 12.8 Å². The van der Waals surface area contributed by atoms with Crippen molar-refractivity contribution in [2.75, 3.05) is 0 Å². The zero-order valence-electron chi connectivity index (χ0n) is 8.10. The van der Waals surface area contributed by atoms with Crippen molar-refractivity contribution in [2.24, 2.45) is 5.73 Å². The molecule has 0 amide bonds. The van der Waals surface area contributed by atoms with Crippen molar-refractivity contribution < 1.29 is 4.74 Å². The van der Waals surface area contributed by atoms with Crippen LogP contribution in [0.1, 0.15) is 25.7 Å². The third kappa shape index (κ3) is 2.20. The molecule has 76 valence electrons. The lowest BCUT2D eigenvalue weighted by atomic mass is 9.93. The van der Waals surface area contributed by atoms with Gasteiger partial charge in [0, 0.05) is 18.3 Å². The van der Waals surface area contributed by atoms with Gasteiger partial charge in [-0.15, -0.1) is 5.10 Å². The molecule has 0 aliphatic heterocycles. The Bertz CT molecular complexity index is 278. The monoisotopic (exact) mass is 193 g/mol. The fourth-order valence-electron chi connectivity index (χ4n) is 1.78. The molecule has 2 N–H and O–H groups in total. The highest BCUT2D eigenvalue weighted by molar-refractivity contribution is 5.06. The average molecular weight is 193 g/mol. The normalized spacial score (nSPS) is 27.2. The van der Waals surface area contributed by atoms with Crippen LogP contribution in [0.15, 0.2) is 18.3 Å². The van der Waals surface area contributed by atoms with Crippen LogP contribution in [0.4, 0.5) is 0 Å². The number of hydrogen-bond acceptors (Lipinski definition) is 4. The third-order valence-electron chi connectivity index (χ3n) is 2.57. The summed E-state index contributed by atoms with van der Waals surface area (Å²) in [4.78, 5) is 0. The highest BCUT2D eigenvalue weighted by Crippen LogP contribution is 2.20. The van der Waals surface area contributed by atoms with E-state index in [1.165, 1.54) is 12.8 Å². The molecular weight excluding hydrogens is 178 g/mol. The molecule has 0 bridgehead atoms. The summed E-state index contributed by atoms with van der Waals surface area (Å²) in [5.41, 5.74) is 5.95. The van der Waals surface area contributed by atoms with E-state index in [1.54, 1.807) is 6.20 Å². The fraction of sp³-hybridized carbons (Fsp3) is 0.600. The summed E-state index contributed by atoms with van der Waals surface area (Å²) in [5, 5.41) is 7.64. The van der Waals surface area contributed by atoms with E-state index in [2.05, 4.69) is 10.2 Å². The van der Waals surface area contributed by atoms with Gasteiger partial charge in [-0.3, -0.25) is 0 Å². The molecule has 1 saturated carbocycles. The number of nitrogens with two attached hydrogens (primary N) is 1. The van der Waals surface area contributed by atoms with Crippen LogP contribution in [0.2, 0.25) is 0 Å². The molecule has 2 rings (SSSR count). The Morgan fingerprint density at radius 1 is 1.36 bits per heavy atom. The quantitative estimate of drug-likeness (QED) is 0.764. The van der Waals surface area contributed by atoms with Gasteiger partial charge in [-0.05, 0) is 25.3 Å². The molecule has 14 heavy (non-hydrogen) atoms. The predicted molar refractivity (Wildman–Crippen MR) is 52.9 cm³/mol. The summed E-state index contributed by atoms with van der Waals surface area (Å²) in [7, 11) is 0. The maximum absolute atomic E-state index is 5.95. The topological polar surface area (TPSA) is 61.0 Å². The Morgan fingerprint density at radius 3 is 2.93 bits per heavy atom. The number of hydrogen-bond donors (Lipinski definition) is 1. The van der Waals surface area contributed by atoms with Gasteiger partial charge in [0.05, 0.1) is 0 Å². The predicted octanol–water partition coefficient (Wildman–Crippen LogP) is 1.13. The van der Waals surface area contributed by atoms with E-state index >= 15 is 0 Å². The molecule has 4 nitrogen and oxygen atoms in total. The lowest BCUT2D eigenvalue weighted by Gasteiger charge is -2.28. The summed E-state index contributed by atoms with van der Waals surface area (Å²) in [6, 6.07) is 3.77. The van der Waals surface area contributed by atoms with Crippen LogP contribution in [0, 0.1) is 0 Å². The van der Waals surface area contributed by atoms with Gasteiger partial charge in [0.1, 0.15) is 6.10 Å². The molecule has 0 radical (unpaired) electrons. The van der Waals surface area contributed by atoms with Crippen molar-refractivity contribution in [3.8, 4) is 5.88 Å². The summed E-state index contributed by atoms with van der Waals surface area (Å²) < 4.78 is 5.67. The fourth-order valence-corrected chi connectivity index (χ4v) is 1.78. The number of aromatic nitrogens is 2. The minimum atomic E-state index is 0.112. The van der Waals surface area contributed by atoms with E-state index in [4.69, 9.17) is 10.5 Å². The molecule has 2 atom stereocenters. The maximum Gasteiger partial charge on any atom is 0.233 e. The molecule has 4 heteroatoms. The molecule has 2 unspecified atom stereocenters. The largest absolute Gasteiger partial charge is 0.472 e. The Labute approximate surface area is 83.5 Å². The molecule has 1 aliphatic rings. The SMILES string of the molecule is NC1CCCCC1Oc1cccnn1. The van der Waals surface area contributed by atoms with Crippen LogP contribution >= 0.6 is 0 Å². The number of nitrogens with zero attached hydrogens (tertiary/aromatic N) is 2. The molecule has 1 aromatic heterocycles. The minimum absolute atomic E-state index is 0.112. The van der Waals surface area contributed by atoms with Gasteiger partial charge in [-0.2, -0.15) is 5.10 Å². The van der Waals surface area contributed by atoms with Crippen LogP contribution in [0.25, 0.3) is 0 Å². The highest BCUT2D eigenvalue weighted by Gasteiger charge is 2.23. The summed E-state index contributed by atoms with van der Waals surface area (Å²) >= 11 is 0. The van der Waals surface area contributed by atoms with Crippen molar-refractivity contribution in [1.29, 1.82) is 0 Å². The smallest absolute Gasteiger partial charge is 0.233 e. The van der Waals surface area contributed by atoms with Crippen LogP contribution in [-0.4, -0.2) is 22.3 Å². The van der Waals surface area contributed by atoms with E-state index in [1.807, 2.05) is 12.1 Å². The van der Waals surface area contributed by atoms with Crippen LogP contribution in [-0.2, 0) is 0 Å². The Morgan fingerprint density at radius 2 is 2.21 bits per heavy atom. The molecule has 1 aliphatic carbocycles. The van der Waals surface area contributed by atoms with Gasteiger partial charge in [0.15, 0.2) is 0 Å². The van der Waals surface area contributed by atoms with E-state index in [0.29, 0.717) is 5.88 Å². The molecular formula is C10H15N3O. The van der Waals surface area contributed by atoms with E-state index in [9.17, 15) is 0 Å². The standard InChI is InChI=1S/C10H15N3O/c11-8-4-1-2-5-9(8)14-10-6-3-7-12-13-10/h3,6-9H,1-2,4-5,11H2. The second kappa shape index (κ2) is 4.37. The zero-order chi connectivity index (χ0) is 9.80. The maximum atomic E-state index is 5.95. The second-order valence-corrected chi connectivity index (χ2v) is 3.67. The Hall–Kier alpha value is -1.16. The van der Waals surface area contributed by atoms with Gasteiger partial charge < -0.3 is 10.5 Å². The summed E-state index contributed by atoms with van der Waals surface area (Å²) in [6.07, 6.45) is 6.22. The van der Waals surface area contributed by atoms with E-state index < -0.39 is 0 Å². The summed E-state index contributed by atoms with van der Waals surface area (Å²) in [6.45, 7) is 0. The van der Waals surface area contributed by atoms with Crippen LogP contribution in [0.5, 0.6) is 5.88 Å². The first-order chi connectivity index (χ1) is 6.86. The zero-order valence-corrected chi connectivity index (χ0v) is 8.10. The first-order valence-electron chi connectivity index (χ1n) is 5.06. The van der Waals surface area contributed by atoms with Crippen LogP contribution in [0.3, 0.4) is 0 Å². The van der Waals surface area contributed by atoms with Crippen molar-refractivity contribution >= 4 is 0 Å². The number of ether oxygens (including phenoxy) is 1. The van der Waals surface area contributed by atoms with Crippen molar-refractivity contribution in [2.45, 2.75) is 37.8 Å². The first kappa shape index (κ1) is 9.40. The lowest BCUT2D eigenvalue weighted by Crippen LogP contribution is -2.41. The Balaban J connectivity index is 1.96. The molecule has 0 saturated heterocycles. The van der Waals surface area contributed by atoms with Crippen LogP contribution < -0.4 is 10.5 Å². The van der Waals surface area contributed by atoms with Crippen molar-refractivity contribution in [3.05, 3.63) is 18.3 Å². The second-order valence-electron chi connectivity index (χ2n) is 3.67. The first-order valence-corrected chi connectivity index (χ1v) is 5.06. The van der Waals surface area contributed by atoms with Gasteiger partial charge in [-0.25, -0.2) is 0 Å². The highest BCUT2D eigenvalue weighted by atomic mass is 16.5. The van der Waals surface area contributed by atoms with Crippen molar-refractivity contribution in [3.63, 3.8) is 0 Å². The van der Waals surface area contributed by atoms with Gasteiger partial charge in [0.25, 0.3) is 0 Å². The molecule has 1 fully saturated rings. The average Bonchev–Trinajstić information content (AvgIpc) is 2.23. The van der Waals surface area contributed by atoms with Gasteiger partial charge in [-0.1, -0.05) is 6.42 Å². The molecule has 0 aromatic carbocycles. The number of rotatable bonds is 2. The van der Waals surface area contributed by atoms with Crippen molar-refractivity contribution in [1.82, 2.24) is 10.2 Å². The lowest BCUT2D eigenvalue weighted by molar-refractivity contribution is 0.125. The third-order valence-corrected chi connectivity index (χ3v) is 2.57. The Kier molecular flexibility index (Phi) is 2.93. The summed E-state index contributed by atoms with van der Waals surface area (Å²) in [5.74, 6) is 0.579. The van der Waals surface area contributed by atoms with Gasteiger partial charge in [0.2, 0.25) is 5.88 Å². The van der Waals surface area contributed by atoms with E-state index in [-0.39, 0.29) is 12.1 Å². The molecule has 1 aromatic rings. The minimum Gasteiger partial charge on any atom is -0.472 e. The molecule has 1 heterocycles.